The number of likely N-dealkylation sites (tertiary alicyclic amines) is 1. The van der Waals surface area contributed by atoms with Crippen LogP contribution >= 0.6 is 0 Å². The molecule has 2 aromatic carbocycles. The number of nitrogens with one attached hydrogen (secondary N) is 1. The lowest BCUT2D eigenvalue weighted by molar-refractivity contribution is -0.204. The minimum atomic E-state index is -5.10. The molecule has 43 heavy (non-hydrogen) atoms. The van der Waals surface area contributed by atoms with Gasteiger partial charge < -0.3 is 19.5 Å². The molecule has 2 aliphatic heterocycles. The number of fused-ring (bicyclic) bond motifs is 1. The quantitative estimate of drug-likeness (QED) is 0.371. The summed E-state index contributed by atoms with van der Waals surface area (Å²) in [6, 6.07) is 10.8. The number of likely N-dealkylation sites (N-methyl/N-ethyl adjacent to an activating group) is 1. The van der Waals surface area contributed by atoms with Crippen molar-refractivity contribution in [1.82, 2.24) is 19.9 Å². The summed E-state index contributed by atoms with van der Waals surface area (Å²) >= 11 is 0. The fourth-order valence-corrected chi connectivity index (χ4v) is 6.42. The van der Waals surface area contributed by atoms with E-state index in [0.717, 1.165) is 0 Å². The van der Waals surface area contributed by atoms with E-state index in [4.69, 9.17) is 4.52 Å². The molecule has 12 nitrogen and oxygen atoms in total. The van der Waals surface area contributed by atoms with E-state index in [2.05, 4.69) is 20.2 Å². The van der Waals surface area contributed by atoms with Gasteiger partial charge in [-0.1, -0.05) is 29.4 Å². The van der Waals surface area contributed by atoms with Crippen LogP contribution in [0.4, 0.5) is 18.9 Å². The number of nitrogens with zero attached hydrogens (tertiary/aromatic N) is 4. The van der Waals surface area contributed by atoms with Gasteiger partial charge in [-0.05, 0) is 35.7 Å². The van der Waals surface area contributed by atoms with E-state index in [1.165, 1.54) is 29.5 Å². The summed E-state index contributed by atoms with van der Waals surface area (Å²) in [4.78, 5) is 44.1. The normalized spacial score (nSPS) is 18.9. The Balaban J connectivity index is 1.37. The molecule has 0 bridgehead atoms. The molecular formula is C27H26F3N5O7S. The highest BCUT2D eigenvalue weighted by atomic mass is 32.2. The van der Waals surface area contributed by atoms with E-state index in [1.807, 2.05) is 4.90 Å². The fraction of sp³-hybridized carbons (Fsp3) is 0.370. The fourth-order valence-electron chi connectivity index (χ4n) is 5.12. The minimum Gasteiger partial charge on any atom is -0.454 e. The Labute approximate surface area is 243 Å². The molecule has 0 aliphatic carbocycles. The molecule has 16 heteroatoms. The first-order valence-corrected chi connectivity index (χ1v) is 14.7. The van der Waals surface area contributed by atoms with Crippen LogP contribution in [0.2, 0.25) is 0 Å². The zero-order valence-electron chi connectivity index (χ0n) is 22.7. The average molecular weight is 622 g/mol. The van der Waals surface area contributed by atoms with E-state index in [1.54, 1.807) is 31.3 Å². The molecule has 228 valence electrons. The second-order valence-corrected chi connectivity index (χ2v) is 12.2. The average Bonchev–Trinajstić information content (AvgIpc) is 3.63. The number of esters is 1. The van der Waals surface area contributed by atoms with E-state index >= 15 is 0 Å². The van der Waals surface area contributed by atoms with Crippen LogP contribution in [0, 0.1) is 0 Å². The van der Waals surface area contributed by atoms with E-state index in [9.17, 15) is 36.0 Å². The van der Waals surface area contributed by atoms with Crippen molar-refractivity contribution in [3.63, 3.8) is 0 Å². The smallest absolute Gasteiger partial charge is 0.454 e. The molecule has 1 N–H and O–H groups in total. The van der Waals surface area contributed by atoms with E-state index in [0.29, 0.717) is 29.1 Å². The first-order valence-electron chi connectivity index (χ1n) is 13.1. The summed E-state index contributed by atoms with van der Waals surface area (Å²) in [6.45, 7) is 0.582. The number of sulfone groups is 1. The van der Waals surface area contributed by atoms with Gasteiger partial charge in [0.1, 0.15) is 11.9 Å². The van der Waals surface area contributed by atoms with Gasteiger partial charge in [0.15, 0.2) is 9.84 Å². The minimum absolute atomic E-state index is 0.0254. The maximum atomic E-state index is 13.6. The molecule has 1 saturated heterocycles. The Morgan fingerprint density at radius 1 is 1.23 bits per heavy atom. The monoisotopic (exact) mass is 621 g/mol. The van der Waals surface area contributed by atoms with Crippen molar-refractivity contribution in [1.29, 1.82) is 0 Å². The van der Waals surface area contributed by atoms with Crippen molar-refractivity contribution in [3.05, 3.63) is 60.0 Å². The molecule has 0 spiro atoms. The van der Waals surface area contributed by atoms with Crippen molar-refractivity contribution in [2.75, 3.05) is 37.8 Å². The molecule has 5 rings (SSSR count). The lowest BCUT2D eigenvalue weighted by atomic mass is 10.0. The number of benzene rings is 2. The highest BCUT2D eigenvalue weighted by molar-refractivity contribution is 7.92. The van der Waals surface area contributed by atoms with Gasteiger partial charge in [-0.25, -0.2) is 13.2 Å². The Bertz CT molecular complexity index is 1650. The second kappa shape index (κ2) is 11.8. The molecule has 3 heterocycles. The topological polar surface area (TPSA) is 152 Å². The summed E-state index contributed by atoms with van der Waals surface area (Å²) in [5.74, 6) is -3.59. The van der Waals surface area contributed by atoms with Crippen LogP contribution in [0.15, 0.2) is 58.3 Å². The zero-order valence-corrected chi connectivity index (χ0v) is 23.5. The van der Waals surface area contributed by atoms with Crippen molar-refractivity contribution in [3.8, 4) is 11.4 Å². The van der Waals surface area contributed by atoms with Crippen LogP contribution in [0.25, 0.3) is 11.4 Å². The molecular weight excluding hydrogens is 595 g/mol. The summed E-state index contributed by atoms with van der Waals surface area (Å²) in [7, 11) is -2.20. The first kappa shape index (κ1) is 30.2. The predicted molar refractivity (Wildman–Crippen MR) is 143 cm³/mol. The van der Waals surface area contributed by atoms with Crippen molar-refractivity contribution in [2.45, 2.75) is 36.1 Å². The Morgan fingerprint density at radius 2 is 2.02 bits per heavy atom. The van der Waals surface area contributed by atoms with Gasteiger partial charge >= 0.3 is 12.1 Å². The highest BCUT2D eigenvalue weighted by Crippen LogP contribution is 2.30. The van der Waals surface area contributed by atoms with Gasteiger partial charge in [0.25, 0.3) is 0 Å². The molecule has 1 fully saturated rings. The van der Waals surface area contributed by atoms with Gasteiger partial charge in [0.05, 0.1) is 23.0 Å². The van der Waals surface area contributed by atoms with Gasteiger partial charge in [0.2, 0.25) is 24.0 Å². The summed E-state index contributed by atoms with van der Waals surface area (Å²) < 4.78 is 72.3. The molecule has 0 radical (unpaired) electrons. The number of ether oxygens (including phenoxy) is 1. The summed E-state index contributed by atoms with van der Waals surface area (Å²) in [5.41, 5.74) is 1.86. The maximum absolute atomic E-state index is 13.6. The first-order chi connectivity index (χ1) is 20.3. The molecule has 0 saturated carbocycles. The van der Waals surface area contributed by atoms with E-state index in [-0.39, 0.29) is 42.4 Å². The zero-order chi connectivity index (χ0) is 30.9. The number of halogens is 3. The number of anilines is 1. The molecule has 2 atom stereocenters. The van der Waals surface area contributed by atoms with E-state index < -0.39 is 45.8 Å². The van der Waals surface area contributed by atoms with Crippen molar-refractivity contribution in [2.24, 2.45) is 0 Å². The predicted octanol–water partition coefficient (Wildman–Crippen LogP) is 2.38. The largest absolute Gasteiger partial charge is 0.490 e. The lowest BCUT2D eigenvalue weighted by Crippen LogP contribution is -2.40. The Morgan fingerprint density at radius 3 is 2.74 bits per heavy atom. The van der Waals surface area contributed by atoms with Crippen LogP contribution in [-0.4, -0.2) is 90.9 Å². The molecule has 2 amide bonds. The SMILES string of the molecule is CN(C(=O)Cc1ccc2c(c1)NC(=O)CS2(=O)=O)[C@H](CN1CC[C@H](OC(=O)C(F)(F)F)C1)c1cccc(-c2ncon2)c1. The lowest BCUT2D eigenvalue weighted by Gasteiger charge is -2.32. The van der Waals surface area contributed by atoms with Gasteiger partial charge in [0, 0.05) is 32.2 Å². The number of carbonyl (C=O) groups is 3. The van der Waals surface area contributed by atoms with Crippen LogP contribution in [0.1, 0.15) is 23.6 Å². The van der Waals surface area contributed by atoms with Gasteiger partial charge in [-0.15, -0.1) is 0 Å². The third kappa shape index (κ3) is 6.85. The standard InChI is InChI=1S/C27H26F3N5O7S/c1-34(24(37)10-16-5-6-22-20(9-16)32-23(36)14-43(22,39)40)21(17-3-2-4-18(11-17)25-31-15-41-33-25)13-35-8-7-19(12-35)42-26(38)27(28,29)30/h2-6,9,11,15,19,21H,7-8,10,12-14H2,1H3,(H,32,36)/t19-,21+/m0/s1. The molecule has 3 aromatic rings. The number of carbonyl (C=O) groups excluding carboxylic acids is 3. The van der Waals surface area contributed by atoms with Gasteiger partial charge in [-0.2, -0.15) is 18.2 Å². The third-order valence-electron chi connectivity index (χ3n) is 7.25. The highest BCUT2D eigenvalue weighted by Gasteiger charge is 2.43. The van der Waals surface area contributed by atoms with Crippen LogP contribution < -0.4 is 5.32 Å². The Kier molecular flexibility index (Phi) is 8.25. The number of alkyl halides is 3. The third-order valence-corrected chi connectivity index (χ3v) is 8.92. The second-order valence-electron chi connectivity index (χ2n) is 10.3. The van der Waals surface area contributed by atoms with Crippen LogP contribution in [0.3, 0.4) is 0 Å². The molecule has 0 unspecified atom stereocenters. The summed E-state index contributed by atoms with van der Waals surface area (Å²) in [6.07, 6.45) is -4.82. The number of amides is 2. The van der Waals surface area contributed by atoms with Crippen molar-refractivity contribution >= 4 is 33.3 Å². The maximum Gasteiger partial charge on any atom is 0.490 e. The summed E-state index contributed by atoms with van der Waals surface area (Å²) in [5, 5.41) is 6.37. The van der Waals surface area contributed by atoms with Crippen LogP contribution in [0.5, 0.6) is 0 Å². The number of aromatic nitrogens is 2. The Hall–Kier alpha value is -4.31. The van der Waals surface area contributed by atoms with Crippen LogP contribution in [-0.2, 0) is 35.4 Å². The molecule has 2 aliphatic rings. The number of hydrogen-bond donors (Lipinski definition) is 1. The van der Waals surface area contributed by atoms with Crippen molar-refractivity contribution < 1.29 is 45.2 Å². The number of hydrogen-bond acceptors (Lipinski definition) is 10. The molecule has 1 aromatic heterocycles. The van der Waals surface area contributed by atoms with Gasteiger partial charge in [-0.3, -0.25) is 14.5 Å². The number of rotatable bonds is 8.